The van der Waals surface area contributed by atoms with Gasteiger partial charge in [0.2, 0.25) is 5.91 Å². The first-order chi connectivity index (χ1) is 18.2. The van der Waals surface area contributed by atoms with Gasteiger partial charge in [0.25, 0.3) is 5.56 Å². The minimum Gasteiger partial charge on any atom is -0.366 e. The fourth-order valence-corrected chi connectivity index (χ4v) is 5.40. The third kappa shape index (κ3) is 5.31. The molecule has 1 aliphatic rings. The first-order valence-electron chi connectivity index (χ1n) is 12.4. The molecule has 0 radical (unpaired) electrons. The number of nitrogens with one attached hydrogen (secondary N) is 1. The summed E-state index contributed by atoms with van der Waals surface area (Å²) in [4.78, 5) is 36.8. The van der Waals surface area contributed by atoms with Gasteiger partial charge in [-0.05, 0) is 80.4 Å². The van der Waals surface area contributed by atoms with E-state index in [4.69, 9.17) is 17.3 Å². The van der Waals surface area contributed by atoms with Crippen LogP contribution in [0.4, 0.5) is 4.39 Å². The van der Waals surface area contributed by atoms with Crippen LogP contribution >= 0.6 is 11.6 Å². The highest BCUT2D eigenvalue weighted by Crippen LogP contribution is 2.31. The second-order valence-corrected chi connectivity index (χ2v) is 10.3. The lowest BCUT2D eigenvalue weighted by Crippen LogP contribution is -2.35. The minimum atomic E-state index is -0.796. The number of likely N-dealkylation sites (N-methyl/N-ethyl adjacent to an activating group) is 1. The average molecular weight is 535 g/mol. The summed E-state index contributed by atoms with van der Waals surface area (Å²) in [6.07, 6.45) is 5.24. The Balaban J connectivity index is 1.71. The highest BCUT2D eigenvalue weighted by atomic mass is 35.5. The van der Waals surface area contributed by atoms with E-state index in [2.05, 4.69) is 20.2 Å². The van der Waals surface area contributed by atoms with Crippen molar-refractivity contribution in [3.8, 4) is 16.8 Å². The number of halogens is 2. The summed E-state index contributed by atoms with van der Waals surface area (Å²) in [7, 11) is 2.01. The molecule has 0 bridgehead atoms. The Morgan fingerprint density at radius 1 is 1.24 bits per heavy atom. The topological polar surface area (TPSA) is 106 Å². The molecule has 1 amide bonds. The van der Waals surface area contributed by atoms with Gasteiger partial charge in [-0.2, -0.15) is 0 Å². The van der Waals surface area contributed by atoms with Crippen LogP contribution in [0.5, 0.6) is 0 Å². The van der Waals surface area contributed by atoms with Crippen molar-refractivity contribution >= 4 is 28.5 Å². The Labute approximate surface area is 224 Å². The average Bonchev–Trinajstić information content (AvgIpc) is 3.36. The molecule has 4 aromatic rings. The van der Waals surface area contributed by atoms with Gasteiger partial charge in [-0.15, -0.1) is 0 Å². The molecule has 8 nitrogen and oxygen atoms in total. The second-order valence-electron chi connectivity index (χ2n) is 9.84. The number of fused-ring (bicyclic) bond motifs is 1. The molecule has 38 heavy (non-hydrogen) atoms. The van der Waals surface area contributed by atoms with Gasteiger partial charge in [0, 0.05) is 41.5 Å². The van der Waals surface area contributed by atoms with Gasteiger partial charge in [-0.3, -0.25) is 14.2 Å². The van der Waals surface area contributed by atoms with Gasteiger partial charge >= 0.3 is 0 Å². The molecule has 1 aliphatic heterocycles. The van der Waals surface area contributed by atoms with Crippen molar-refractivity contribution in [1.29, 1.82) is 0 Å². The maximum atomic E-state index is 14.3. The van der Waals surface area contributed by atoms with E-state index < -0.39 is 17.3 Å². The molecule has 0 aliphatic carbocycles. The Kier molecular flexibility index (Phi) is 7.25. The molecule has 0 spiro atoms. The summed E-state index contributed by atoms with van der Waals surface area (Å²) in [5.41, 5.74) is 8.66. The first-order valence-corrected chi connectivity index (χ1v) is 12.8. The van der Waals surface area contributed by atoms with Gasteiger partial charge in [0.15, 0.2) is 5.65 Å². The van der Waals surface area contributed by atoms with E-state index in [0.717, 1.165) is 60.3 Å². The first kappa shape index (κ1) is 26.0. The van der Waals surface area contributed by atoms with Crippen molar-refractivity contribution in [1.82, 2.24) is 24.8 Å². The lowest BCUT2D eigenvalue weighted by atomic mass is 9.97. The standard InChI is InChI=1S/C28H28ClFN6O2/c1-16-6-17(8-19(29)7-16)23-12-33-27-25(24(23)14-35(2)13-21-4-3-5-32-21)28(38)36(15-34-27)22-10-18(26(31)37)9-20(30)11-22/h6-12,15,21,32H,3-5,13-14H2,1-2H3,(H2,31,37)/t21-/m1/s1. The monoisotopic (exact) mass is 534 g/mol. The molecule has 0 saturated carbocycles. The number of pyridine rings is 1. The molecule has 1 fully saturated rings. The van der Waals surface area contributed by atoms with E-state index >= 15 is 0 Å². The van der Waals surface area contributed by atoms with Crippen molar-refractivity contribution in [2.75, 3.05) is 20.1 Å². The van der Waals surface area contributed by atoms with E-state index in [-0.39, 0.29) is 16.9 Å². The fourth-order valence-electron chi connectivity index (χ4n) is 5.11. The van der Waals surface area contributed by atoms with Gasteiger partial charge in [-0.1, -0.05) is 17.7 Å². The minimum absolute atomic E-state index is 0.0442. The van der Waals surface area contributed by atoms with Crippen LogP contribution in [0.1, 0.15) is 34.3 Å². The van der Waals surface area contributed by atoms with Crippen molar-refractivity contribution < 1.29 is 9.18 Å². The van der Waals surface area contributed by atoms with E-state index in [1.165, 1.54) is 17.0 Å². The van der Waals surface area contributed by atoms with Crippen LogP contribution < -0.4 is 16.6 Å². The number of amides is 1. The SMILES string of the molecule is Cc1cc(Cl)cc(-c2cnc3ncn(-c4cc(F)cc(C(N)=O)c4)c(=O)c3c2CN(C)C[C@H]2CCCN2)c1. The smallest absolute Gasteiger partial charge is 0.267 e. The number of carbonyl (C=O) groups excluding carboxylic acids is 1. The van der Waals surface area contributed by atoms with Crippen LogP contribution in [0, 0.1) is 12.7 Å². The van der Waals surface area contributed by atoms with Crippen molar-refractivity contribution in [3.05, 3.63) is 86.8 Å². The zero-order valence-corrected chi connectivity index (χ0v) is 21.9. The summed E-state index contributed by atoms with van der Waals surface area (Å²) < 4.78 is 15.6. The van der Waals surface area contributed by atoms with Crippen LogP contribution in [0.15, 0.2) is 53.7 Å². The number of hydrogen-bond donors (Lipinski definition) is 2. The summed E-state index contributed by atoms with van der Waals surface area (Å²) in [5, 5.41) is 4.41. The van der Waals surface area contributed by atoms with Crippen LogP contribution in [0.2, 0.25) is 5.02 Å². The largest absolute Gasteiger partial charge is 0.366 e. The number of aromatic nitrogens is 3. The van der Waals surface area contributed by atoms with Crippen LogP contribution in [-0.4, -0.2) is 51.5 Å². The predicted molar refractivity (Wildman–Crippen MR) is 146 cm³/mol. The summed E-state index contributed by atoms with van der Waals surface area (Å²) in [6, 6.07) is 9.65. The predicted octanol–water partition coefficient (Wildman–Crippen LogP) is 3.83. The van der Waals surface area contributed by atoms with Crippen LogP contribution in [0.25, 0.3) is 27.8 Å². The number of rotatable bonds is 7. The molecule has 3 heterocycles. The Hall–Kier alpha value is -3.66. The normalized spacial score (nSPS) is 15.4. The number of hydrogen-bond acceptors (Lipinski definition) is 6. The maximum Gasteiger partial charge on any atom is 0.267 e. The molecule has 196 valence electrons. The summed E-state index contributed by atoms with van der Waals surface area (Å²) in [5.74, 6) is -1.48. The van der Waals surface area contributed by atoms with Gasteiger partial charge in [-0.25, -0.2) is 14.4 Å². The van der Waals surface area contributed by atoms with E-state index in [1.54, 1.807) is 6.20 Å². The maximum absolute atomic E-state index is 14.3. The van der Waals surface area contributed by atoms with E-state index in [1.807, 2.05) is 32.2 Å². The third-order valence-corrected chi connectivity index (χ3v) is 7.03. The number of benzene rings is 2. The Morgan fingerprint density at radius 3 is 2.76 bits per heavy atom. The molecule has 0 unspecified atom stereocenters. The van der Waals surface area contributed by atoms with Crippen molar-refractivity contribution in [2.24, 2.45) is 5.73 Å². The number of carbonyl (C=O) groups is 1. The van der Waals surface area contributed by atoms with Crippen molar-refractivity contribution in [3.63, 3.8) is 0 Å². The Morgan fingerprint density at radius 2 is 2.05 bits per heavy atom. The number of primary amides is 1. The number of nitrogens with two attached hydrogens (primary N) is 1. The highest BCUT2D eigenvalue weighted by molar-refractivity contribution is 6.31. The molecule has 5 rings (SSSR count). The summed E-state index contributed by atoms with van der Waals surface area (Å²) in [6.45, 7) is 4.21. The molecular weight excluding hydrogens is 507 g/mol. The molecule has 1 saturated heterocycles. The van der Waals surface area contributed by atoms with E-state index in [9.17, 15) is 14.0 Å². The fraction of sp³-hybridized carbons (Fsp3) is 0.286. The molecule has 2 aromatic carbocycles. The Bertz CT molecular complexity index is 1580. The van der Waals surface area contributed by atoms with Crippen LogP contribution in [0.3, 0.4) is 0 Å². The van der Waals surface area contributed by atoms with E-state index in [0.29, 0.717) is 23.0 Å². The molecule has 3 N–H and O–H groups in total. The van der Waals surface area contributed by atoms with Gasteiger partial charge in [0.05, 0.1) is 11.1 Å². The van der Waals surface area contributed by atoms with Crippen LogP contribution in [-0.2, 0) is 6.54 Å². The molecule has 10 heteroatoms. The quantitative estimate of drug-likeness (QED) is 0.373. The highest BCUT2D eigenvalue weighted by Gasteiger charge is 2.21. The molecule has 2 aromatic heterocycles. The molecule has 1 atom stereocenters. The zero-order valence-electron chi connectivity index (χ0n) is 21.2. The lowest BCUT2D eigenvalue weighted by Gasteiger charge is -2.23. The molecular formula is C28H28ClFN6O2. The van der Waals surface area contributed by atoms with Crippen molar-refractivity contribution in [2.45, 2.75) is 32.4 Å². The second kappa shape index (κ2) is 10.6. The zero-order chi connectivity index (χ0) is 27.0. The number of aryl methyl sites for hydroxylation is 1. The third-order valence-electron chi connectivity index (χ3n) is 6.82. The van der Waals surface area contributed by atoms with Gasteiger partial charge < -0.3 is 16.0 Å². The number of nitrogens with zero attached hydrogens (tertiary/aromatic N) is 4. The lowest BCUT2D eigenvalue weighted by molar-refractivity contribution is 0.1000. The summed E-state index contributed by atoms with van der Waals surface area (Å²) >= 11 is 6.39. The van der Waals surface area contributed by atoms with Gasteiger partial charge in [0.1, 0.15) is 12.1 Å².